The van der Waals surface area contributed by atoms with Crippen LogP contribution in [-0.4, -0.2) is 29.1 Å². The molecule has 0 aliphatic rings. The van der Waals surface area contributed by atoms with Gasteiger partial charge in [-0.1, -0.05) is 11.2 Å². The lowest BCUT2D eigenvalue weighted by Gasteiger charge is -2.11. The van der Waals surface area contributed by atoms with E-state index in [0.29, 0.717) is 39.2 Å². The monoisotopic (exact) mass is 419 g/mol. The summed E-state index contributed by atoms with van der Waals surface area (Å²) >= 11 is 0. The van der Waals surface area contributed by atoms with E-state index in [1.165, 1.54) is 19.2 Å². The second kappa shape index (κ2) is 7.98. The average Bonchev–Trinajstić information content (AvgIpc) is 3.15. The van der Waals surface area contributed by atoms with Gasteiger partial charge in [0.05, 0.1) is 35.0 Å². The molecule has 1 amide bonds. The first-order valence-corrected chi connectivity index (χ1v) is 9.40. The number of benzene rings is 2. The number of aromatic nitrogens is 2. The normalized spacial score (nSPS) is 10.8. The SMILES string of the molecule is COC(=O)c1ccc(C)c(NC(=O)c2cc(-c3ccc(F)cc3)nc3onc(C)c23)c1. The molecule has 2 aromatic carbocycles. The predicted octanol–water partition coefficient (Wildman–Crippen LogP) is 4.68. The van der Waals surface area contributed by atoms with Crippen LogP contribution in [0, 0.1) is 19.7 Å². The van der Waals surface area contributed by atoms with Crippen molar-refractivity contribution in [2.45, 2.75) is 13.8 Å². The van der Waals surface area contributed by atoms with Gasteiger partial charge in [-0.15, -0.1) is 0 Å². The molecule has 1 N–H and O–H groups in total. The van der Waals surface area contributed by atoms with Crippen LogP contribution < -0.4 is 5.32 Å². The standard InChI is InChI=1S/C23H18FN3O4/c1-12-4-5-15(23(29)30-3)10-18(12)25-21(28)17-11-19(14-6-8-16(24)9-7-14)26-22-20(17)13(2)27-31-22/h4-11H,1-3H3,(H,25,28). The average molecular weight is 419 g/mol. The first-order chi connectivity index (χ1) is 14.9. The summed E-state index contributed by atoms with van der Waals surface area (Å²) in [6.45, 7) is 3.53. The number of anilines is 1. The molecule has 0 radical (unpaired) electrons. The highest BCUT2D eigenvalue weighted by atomic mass is 19.1. The number of nitrogens with one attached hydrogen (secondary N) is 1. The molecule has 156 valence electrons. The Bertz CT molecular complexity index is 1310. The van der Waals surface area contributed by atoms with E-state index in [2.05, 4.69) is 15.5 Å². The molecule has 0 aliphatic carbocycles. The van der Waals surface area contributed by atoms with Gasteiger partial charge in [-0.2, -0.15) is 0 Å². The fraction of sp³-hybridized carbons (Fsp3) is 0.130. The molecule has 2 heterocycles. The number of pyridine rings is 1. The minimum atomic E-state index is -0.504. The smallest absolute Gasteiger partial charge is 0.337 e. The lowest BCUT2D eigenvalue weighted by Crippen LogP contribution is -2.15. The Morgan fingerprint density at radius 2 is 1.81 bits per heavy atom. The molecule has 0 bridgehead atoms. The van der Waals surface area contributed by atoms with Crippen LogP contribution in [0.4, 0.5) is 10.1 Å². The molecule has 0 saturated carbocycles. The summed E-state index contributed by atoms with van der Waals surface area (Å²) in [5.41, 5.74) is 3.62. The number of ether oxygens (including phenoxy) is 1. The van der Waals surface area contributed by atoms with Crippen molar-refractivity contribution in [1.29, 1.82) is 0 Å². The molecular weight excluding hydrogens is 401 g/mol. The number of fused-ring (bicyclic) bond motifs is 1. The molecule has 4 aromatic rings. The third-order valence-electron chi connectivity index (χ3n) is 4.91. The largest absolute Gasteiger partial charge is 0.465 e. The molecule has 2 aromatic heterocycles. The van der Waals surface area contributed by atoms with Gasteiger partial charge in [-0.25, -0.2) is 14.2 Å². The van der Waals surface area contributed by atoms with Gasteiger partial charge in [-0.05, 0) is 61.9 Å². The molecule has 0 aliphatic heterocycles. The number of carbonyl (C=O) groups is 2. The number of esters is 1. The van der Waals surface area contributed by atoms with Gasteiger partial charge in [0, 0.05) is 11.3 Å². The number of carbonyl (C=O) groups excluding carboxylic acids is 2. The maximum absolute atomic E-state index is 13.3. The topological polar surface area (TPSA) is 94.3 Å². The Kier molecular flexibility index (Phi) is 5.21. The lowest BCUT2D eigenvalue weighted by molar-refractivity contribution is 0.0600. The number of aryl methyl sites for hydroxylation is 2. The summed E-state index contributed by atoms with van der Waals surface area (Å²) in [6.07, 6.45) is 0. The van der Waals surface area contributed by atoms with E-state index < -0.39 is 11.9 Å². The van der Waals surface area contributed by atoms with Crippen LogP contribution in [0.2, 0.25) is 0 Å². The molecule has 7 nitrogen and oxygen atoms in total. The summed E-state index contributed by atoms with van der Waals surface area (Å²) in [7, 11) is 1.29. The van der Waals surface area contributed by atoms with Crippen LogP contribution in [0.15, 0.2) is 53.1 Å². The van der Waals surface area contributed by atoms with Gasteiger partial charge >= 0.3 is 5.97 Å². The number of hydrogen-bond acceptors (Lipinski definition) is 6. The number of amides is 1. The van der Waals surface area contributed by atoms with Crippen molar-refractivity contribution in [3.8, 4) is 11.3 Å². The van der Waals surface area contributed by atoms with Gasteiger partial charge in [0.15, 0.2) is 0 Å². The van der Waals surface area contributed by atoms with Crippen molar-refractivity contribution in [3.05, 3.63) is 76.7 Å². The Morgan fingerprint density at radius 3 is 2.52 bits per heavy atom. The Balaban J connectivity index is 1.78. The molecule has 0 unspecified atom stereocenters. The number of rotatable bonds is 4. The van der Waals surface area contributed by atoms with Gasteiger partial charge in [0.2, 0.25) is 0 Å². The lowest BCUT2D eigenvalue weighted by atomic mass is 10.0. The fourth-order valence-corrected chi connectivity index (χ4v) is 3.23. The summed E-state index contributed by atoms with van der Waals surface area (Å²) in [4.78, 5) is 29.5. The molecular formula is C23H18FN3O4. The van der Waals surface area contributed by atoms with Crippen LogP contribution in [-0.2, 0) is 4.74 Å². The number of methoxy groups -OCH3 is 1. The summed E-state index contributed by atoms with van der Waals surface area (Å²) in [6, 6.07) is 12.3. The summed E-state index contributed by atoms with van der Waals surface area (Å²) in [5, 5.41) is 7.24. The third kappa shape index (κ3) is 3.87. The van der Waals surface area contributed by atoms with Crippen molar-refractivity contribution in [1.82, 2.24) is 10.1 Å². The second-order valence-electron chi connectivity index (χ2n) is 6.99. The van der Waals surface area contributed by atoms with Crippen molar-refractivity contribution in [2.75, 3.05) is 12.4 Å². The van der Waals surface area contributed by atoms with Crippen molar-refractivity contribution < 1.29 is 23.2 Å². The van der Waals surface area contributed by atoms with E-state index in [1.54, 1.807) is 43.3 Å². The van der Waals surface area contributed by atoms with Gasteiger partial charge < -0.3 is 14.6 Å². The van der Waals surface area contributed by atoms with Crippen molar-refractivity contribution >= 4 is 28.7 Å². The van der Waals surface area contributed by atoms with Crippen LogP contribution >= 0.6 is 0 Å². The molecule has 0 saturated heterocycles. The zero-order valence-electron chi connectivity index (χ0n) is 17.0. The highest BCUT2D eigenvalue weighted by molar-refractivity contribution is 6.13. The van der Waals surface area contributed by atoms with Crippen LogP contribution in [0.5, 0.6) is 0 Å². The Hall–Kier alpha value is -4.07. The fourth-order valence-electron chi connectivity index (χ4n) is 3.23. The highest BCUT2D eigenvalue weighted by Gasteiger charge is 2.20. The number of nitrogens with zero attached hydrogens (tertiary/aromatic N) is 2. The molecule has 31 heavy (non-hydrogen) atoms. The molecule has 0 fully saturated rings. The molecule has 8 heteroatoms. The molecule has 0 spiro atoms. The quantitative estimate of drug-likeness (QED) is 0.483. The summed E-state index contributed by atoms with van der Waals surface area (Å²) < 4.78 is 23.4. The van der Waals surface area contributed by atoms with Crippen LogP contribution in [0.1, 0.15) is 32.0 Å². The maximum atomic E-state index is 13.3. The van der Waals surface area contributed by atoms with Gasteiger partial charge in [-0.3, -0.25) is 4.79 Å². The maximum Gasteiger partial charge on any atom is 0.337 e. The highest BCUT2D eigenvalue weighted by Crippen LogP contribution is 2.28. The van der Waals surface area contributed by atoms with E-state index in [4.69, 9.17) is 9.26 Å². The Labute approximate surface area is 176 Å². The van der Waals surface area contributed by atoms with E-state index in [9.17, 15) is 14.0 Å². The number of hydrogen-bond donors (Lipinski definition) is 1. The predicted molar refractivity (Wildman–Crippen MR) is 112 cm³/mol. The van der Waals surface area contributed by atoms with E-state index >= 15 is 0 Å². The van der Waals surface area contributed by atoms with Crippen LogP contribution in [0.25, 0.3) is 22.4 Å². The molecule has 4 rings (SSSR count). The minimum Gasteiger partial charge on any atom is -0.465 e. The third-order valence-corrected chi connectivity index (χ3v) is 4.91. The zero-order valence-corrected chi connectivity index (χ0v) is 17.0. The zero-order chi connectivity index (χ0) is 22.1. The molecule has 0 atom stereocenters. The Morgan fingerprint density at radius 1 is 1.06 bits per heavy atom. The van der Waals surface area contributed by atoms with E-state index in [1.807, 2.05) is 6.92 Å². The second-order valence-corrected chi connectivity index (χ2v) is 6.99. The first-order valence-electron chi connectivity index (χ1n) is 9.40. The minimum absolute atomic E-state index is 0.199. The summed E-state index contributed by atoms with van der Waals surface area (Å²) in [5.74, 6) is -1.30. The van der Waals surface area contributed by atoms with Crippen molar-refractivity contribution in [2.24, 2.45) is 0 Å². The van der Waals surface area contributed by atoms with Crippen LogP contribution in [0.3, 0.4) is 0 Å². The van der Waals surface area contributed by atoms with Crippen molar-refractivity contribution in [3.63, 3.8) is 0 Å². The van der Waals surface area contributed by atoms with E-state index in [0.717, 1.165) is 5.56 Å². The van der Waals surface area contributed by atoms with E-state index in [-0.39, 0.29) is 11.5 Å². The first kappa shape index (κ1) is 20.2. The number of halogens is 1. The van der Waals surface area contributed by atoms with Gasteiger partial charge in [0.25, 0.3) is 11.6 Å². The van der Waals surface area contributed by atoms with Gasteiger partial charge in [0.1, 0.15) is 5.82 Å².